The second-order valence-electron chi connectivity index (χ2n) is 6.66. The Labute approximate surface area is 133 Å². The zero-order chi connectivity index (χ0) is 17.4. The van der Waals surface area contributed by atoms with Gasteiger partial charge in [0.25, 0.3) is 0 Å². The monoisotopic (exact) mass is 325 g/mol. The number of hydrogen-bond donors (Lipinski definition) is 1. The highest BCUT2D eigenvalue weighted by molar-refractivity contribution is 5.86. The Hall–Kier alpha value is -1.98. The first-order valence-electron chi connectivity index (χ1n) is 7.45. The van der Waals surface area contributed by atoms with E-state index in [-0.39, 0.29) is 24.4 Å². The second kappa shape index (κ2) is 5.91. The smallest absolute Gasteiger partial charge is 0.355 e. The van der Waals surface area contributed by atoms with Gasteiger partial charge in [0.1, 0.15) is 5.69 Å². The van der Waals surface area contributed by atoms with E-state index in [0.717, 1.165) is 0 Å². The Bertz CT molecular complexity index is 724. The first-order chi connectivity index (χ1) is 10.5. The molecule has 0 fully saturated rings. The normalized spacial score (nSPS) is 12.7. The van der Waals surface area contributed by atoms with E-state index >= 15 is 0 Å². The first-order valence-corrected chi connectivity index (χ1v) is 7.45. The Balaban J connectivity index is 2.34. The van der Waals surface area contributed by atoms with Crippen molar-refractivity contribution >= 4 is 16.8 Å². The largest absolute Gasteiger partial charge is 0.431 e. The van der Waals surface area contributed by atoms with Crippen molar-refractivity contribution in [3.8, 4) is 0 Å². The first kappa shape index (κ1) is 17.4. The van der Waals surface area contributed by atoms with Crippen molar-refractivity contribution in [2.45, 2.75) is 33.4 Å². The van der Waals surface area contributed by atoms with Gasteiger partial charge in [0, 0.05) is 29.9 Å². The van der Waals surface area contributed by atoms with Gasteiger partial charge in [-0.05, 0) is 18.1 Å². The number of benzene rings is 1. The van der Waals surface area contributed by atoms with Crippen LogP contribution in [0.25, 0.3) is 10.9 Å². The number of para-hydroxylation sites is 1. The highest BCUT2D eigenvalue weighted by atomic mass is 19.3. The average molecular weight is 325 g/mol. The van der Waals surface area contributed by atoms with Gasteiger partial charge < -0.3 is 9.88 Å². The molecule has 23 heavy (non-hydrogen) atoms. The standard InChI is InChI=1S/C17H21F3N2O/c1-16(2,3)15(23)21-10-9-12-11-7-5-6-8-13(11)22(4)14(12)17(18,19)20/h5-8H,9-10H2,1-4H3,(H,21,23)/i18-1. The summed E-state index contributed by atoms with van der Waals surface area (Å²) in [5.74, 6) is -0.175. The van der Waals surface area contributed by atoms with E-state index in [0.29, 0.717) is 10.9 Å². The number of alkyl halides is 3. The molecule has 0 saturated carbocycles. The summed E-state index contributed by atoms with van der Waals surface area (Å²) in [5, 5.41) is 3.28. The van der Waals surface area contributed by atoms with Crippen molar-refractivity contribution in [3.05, 3.63) is 35.5 Å². The van der Waals surface area contributed by atoms with Crippen molar-refractivity contribution in [3.63, 3.8) is 0 Å². The molecular weight excluding hydrogens is 304 g/mol. The molecule has 1 heterocycles. The highest BCUT2D eigenvalue weighted by Crippen LogP contribution is 2.37. The number of hydrogen-bond acceptors (Lipinski definition) is 1. The number of fused-ring (bicyclic) bond motifs is 1. The molecule has 0 unspecified atom stereocenters. The van der Waals surface area contributed by atoms with Gasteiger partial charge in [-0.25, -0.2) is 0 Å². The quantitative estimate of drug-likeness (QED) is 0.912. The molecule has 3 nitrogen and oxygen atoms in total. The van der Waals surface area contributed by atoms with Crippen molar-refractivity contribution < 1.29 is 18.0 Å². The van der Waals surface area contributed by atoms with Crippen LogP contribution < -0.4 is 5.32 Å². The highest BCUT2D eigenvalue weighted by Gasteiger charge is 2.38. The number of nitrogens with zero attached hydrogens (tertiary/aromatic N) is 1. The van der Waals surface area contributed by atoms with Crippen LogP contribution >= 0.6 is 0 Å². The molecule has 0 aliphatic rings. The summed E-state index contributed by atoms with van der Waals surface area (Å²) in [5.41, 5.74) is -0.448. The zero-order valence-electron chi connectivity index (χ0n) is 13.7. The molecular formula is C17H21F3N2O. The molecule has 0 saturated heterocycles. The molecule has 0 spiro atoms. The van der Waals surface area contributed by atoms with Gasteiger partial charge in [-0.15, -0.1) is 0 Å². The maximum absolute atomic E-state index is 13.4. The van der Waals surface area contributed by atoms with Crippen molar-refractivity contribution in [1.82, 2.24) is 9.88 Å². The van der Waals surface area contributed by atoms with Crippen LogP contribution in [-0.2, 0) is 24.4 Å². The molecule has 2 rings (SSSR count). The van der Waals surface area contributed by atoms with Crippen molar-refractivity contribution in [2.24, 2.45) is 12.5 Å². The predicted molar refractivity (Wildman–Crippen MR) is 84.1 cm³/mol. The molecule has 2 aromatic rings. The van der Waals surface area contributed by atoms with Gasteiger partial charge in [-0.1, -0.05) is 39.0 Å². The average Bonchev–Trinajstić information content (AvgIpc) is 2.71. The summed E-state index contributed by atoms with van der Waals surface area (Å²) in [7, 11) is 1.42. The van der Waals surface area contributed by atoms with E-state index in [9.17, 15) is 18.0 Å². The lowest BCUT2D eigenvalue weighted by atomic mass is 9.95. The maximum Gasteiger partial charge on any atom is 0.431 e. The van der Waals surface area contributed by atoms with Crippen LogP contribution in [0.15, 0.2) is 24.3 Å². The van der Waals surface area contributed by atoms with E-state index in [4.69, 9.17) is 0 Å². The summed E-state index contributed by atoms with van der Waals surface area (Å²) in [4.78, 5) is 11.9. The Morgan fingerprint density at radius 2 is 1.78 bits per heavy atom. The minimum Gasteiger partial charge on any atom is -0.355 e. The van der Waals surface area contributed by atoms with Gasteiger partial charge in [0.15, 0.2) is 0 Å². The molecule has 0 radical (unpaired) electrons. The van der Waals surface area contributed by atoms with Crippen LogP contribution in [0.5, 0.6) is 0 Å². The SMILES string of the molecule is Cn1c(C(F)(F)[18F])c(CCNC(=O)C(C)(C)C)c2ccccc21. The fraction of sp³-hybridized carbons (Fsp3) is 0.471. The van der Waals surface area contributed by atoms with Gasteiger partial charge >= 0.3 is 6.18 Å². The maximum atomic E-state index is 13.4. The van der Waals surface area contributed by atoms with E-state index < -0.39 is 17.3 Å². The minimum absolute atomic E-state index is 0.137. The Kier molecular flexibility index (Phi) is 4.46. The Morgan fingerprint density at radius 1 is 1.17 bits per heavy atom. The number of halogens is 3. The van der Waals surface area contributed by atoms with Crippen molar-refractivity contribution in [1.29, 1.82) is 0 Å². The van der Waals surface area contributed by atoms with Gasteiger partial charge in [0.2, 0.25) is 5.91 Å². The molecule has 0 aliphatic heterocycles. The lowest BCUT2D eigenvalue weighted by Gasteiger charge is -2.18. The number of aromatic nitrogens is 1. The van der Waals surface area contributed by atoms with E-state index in [2.05, 4.69) is 5.32 Å². The van der Waals surface area contributed by atoms with Crippen LogP contribution in [-0.4, -0.2) is 17.0 Å². The third-order valence-corrected chi connectivity index (χ3v) is 3.82. The van der Waals surface area contributed by atoms with Crippen LogP contribution in [0.4, 0.5) is 13.2 Å². The predicted octanol–water partition coefficient (Wildman–Crippen LogP) is 3.90. The molecule has 1 aromatic heterocycles. The molecule has 0 bridgehead atoms. The lowest BCUT2D eigenvalue weighted by Crippen LogP contribution is -2.36. The van der Waals surface area contributed by atoms with Crippen LogP contribution in [0.2, 0.25) is 0 Å². The van der Waals surface area contributed by atoms with E-state index in [1.54, 1.807) is 45.0 Å². The molecule has 1 amide bonds. The summed E-state index contributed by atoms with van der Waals surface area (Å²) in [6.07, 6.45) is -4.30. The number of carbonyl (C=O) groups is 1. The topological polar surface area (TPSA) is 34.0 Å². The minimum atomic E-state index is -4.43. The molecule has 0 aliphatic carbocycles. The molecule has 0 atom stereocenters. The summed E-state index contributed by atoms with van der Waals surface area (Å²) in [6.45, 7) is 5.47. The number of nitrogens with one attached hydrogen (secondary N) is 1. The molecule has 126 valence electrons. The van der Waals surface area contributed by atoms with Crippen molar-refractivity contribution in [2.75, 3.05) is 6.54 Å². The fourth-order valence-corrected chi connectivity index (χ4v) is 2.65. The number of aryl methyl sites for hydroxylation is 1. The summed E-state index contributed by atoms with van der Waals surface area (Å²) < 4.78 is 41.4. The van der Waals surface area contributed by atoms with E-state index in [1.165, 1.54) is 11.6 Å². The third kappa shape index (κ3) is 3.51. The fourth-order valence-electron chi connectivity index (χ4n) is 2.65. The molecule has 1 aromatic carbocycles. The van der Waals surface area contributed by atoms with Gasteiger partial charge in [0.05, 0.1) is 0 Å². The third-order valence-electron chi connectivity index (χ3n) is 3.82. The zero-order valence-corrected chi connectivity index (χ0v) is 13.7. The number of rotatable bonds is 3. The number of carbonyl (C=O) groups excluding carboxylic acids is 1. The Morgan fingerprint density at radius 3 is 2.35 bits per heavy atom. The van der Waals surface area contributed by atoms with Crippen LogP contribution in [0, 0.1) is 5.41 Å². The molecule has 1 N–H and O–H groups in total. The van der Waals surface area contributed by atoms with Crippen LogP contribution in [0.1, 0.15) is 32.0 Å². The van der Waals surface area contributed by atoms with E-state index in [1.807, 2.05) is 0 Å². The van der Waals surface area contributed by atoms with Crippen LogP contribution in [0.3, 0.4) is 0 Å². The molecule has 6 heteroatoms. The second-order valence-corrected chi connectivity index (χ2v) is 6.66. The van der Waals surface area contributed by atoms with Gasteiger partial charge in [-0.3, -0.25) is 4.79 Å². The van der Waals surface area contributed by atoms with Gasteiger partial charge in [-0.2, -0.15) is 13.2 Å². The lowest BCUT2D eigenvalue weighted by molar-refractivity contribution is -0.143. The number of amides is 1. The summed E-state index contributed by atoms with van der Waals surface area (Å²) >= 11 is 0. The summed E-state index contributed by atoms with van der Waals surface area (Å²) in [6, 6.07) is 6.79.